The number of methoxy groups -OCH3 is 1. The predicted molar refractivity (Wildman–Crippen MR) is 84.6 cm³/mol. The van der Waals surface area contributed by atoms with E-state index in [4.69, 9.17) is 4.74 Å². The third kappa shape index (κ3) is 3.20. The minimum atomic E-state index is -0.183. The molecule has 0 aliphatic carbocycles. The molecule has 0 aliphatic heterocycles. The third-order valence-corrected chi connectivity index (χ3v) is 3.67. The smallest absolute Gasteiger partial charge is 0.259 e. The molecule has 0 fully saturated rings. The zero-order valence-electron chi connectivity index (χ0n) is 11.7. The molecule has 0 radical (unpaired) electrons. The maximum atomic E-state index is 12.3. The lowest BCUT2D eigenvalue weighted by molar-refractivity contribution is 0.102. The Balaban J connectivity index is 2.25. The molecule has 3 nitrogen and oxygen atoms in total. The fraction of sp³-hybridized carbons (Fsp3) is 0.188. The molecule has 0 aliphatic rings. The molecule has 0 unspecified atom stereocenters. The first kappa shape index (κ1) is 14.6. The lowest BCUT2D eigenvalue weighted by Gasteiger charge is -2.11. The Hall–Kier alpha value is -1.81. The minimum absolute atomic E-state index is 0.183. The van der Waals surface area contributed by atoms with Crippen molar-refractivity contribution in [1.29, 1.82) is 0 Å². The van der Waals surface area contributed by atoms with Gasteiger partial charge in [-0.15, -0.1) is 0 Å². The highest BCUT2D eigenvalue weighted by molar-refractivity contribution is 9.10. The van der Waals surface area contributed by atoms with E-state index in [9.17, 15) is 4.79 Å². The molecule has 0 saturated carbocycles. The fourth-order valence-corrected chi connectivity index (χ4v) is 2.21. The standard InChI is InChI=1S/C16H16BrNO2/c1-10-4-6-13(8-11(10)2)18-16(19)14-7-5-12(17)9-15(14)20-3/h4-9H,1-3H3,(H,18,19). The molecule has 0 spiro atoms. The van der Waals surface area contributed by atoms with E-state index in [0.29, 0.717) is 11.3 Å². The molecule has 0 atom stereocenters. The number of nitrogens with one attached hydrogen (secondary N) is 1. The Morgan fingerprint density at radius 1 is 1.10 bits per heavy atom. The van der Waals surface area contributed by atoms with E-state index in [1.165, 1.54) is 5.56 Å². The molecule has 0 aromatic heterocycles. The average molecular weight is 334 g/mol. The molecular formula is C16H16BrNO2. The summed E-state index contributed by atoms with van der Waals surface area (Å²) in [6.45, 7) is 4.06. The summed E-state index contributed by atoms with van der Waals surface area (Å²) in [6.07, 6.45) is 0. The van der Waals surface area contributed by atoms with Crippen LogP contribution in [0.3, 0.4) is 0 Å². The van der Waals surface area contributed by atoms with Crippen molar-refractivity contribution in [3.8, 4) is 5.75 Å². The van der Waals surface area contributed by atoms with Gasteiger partial charge in [-0.3, -0.25) is 4.79 Å². The highest BCUT2D eigenvalue weighted by atomic mass is 79.9. The first-order chi connectivity index (χ1) is 9.51. The van der Waals surface area contributed by atoms with E-state index in [-0.39, 0.29) is 5.91 Å². The van der Waals surface area contributed by atoms with Crippen molar-refractivity contribution >= 4 is 27.5 Å². The number of amides is 1. The maximum absolute atomic E-state index is 12.3. The van der Waals surface area contributed by atoms with Gasteiger partial charge in [0.1, 0.15) is 5.75 Å². The van der Waals surface area contributed by atoms with Gasteiger partial charge in [0.05, 0.1) is 12.7 Å². The van der Waals surface area contributed by atoms with Crippen LogP contribution < -0.4 is 10.1 Å². The van der Waals surface area contributed by atoms with Gasteiger partial charge in [0, 0.05) is 10.2 Å². The maximum Gasteiger partial charge on any atom is 0.259 e. The number of hydrogen-bond acceptors (Lipinski definition) is 2. The quantitative estimate of drug-likeness (QED) is 0.907. The van der Waals surface area contributed by atoms with Crippen LogP contribution in [0.5, 0.6) is 5.75 Å². The monoisotopic (exact) mass is 333 g/mol. The Bertz CT molecular complexity index is 653. The number of anilines is 1. The third-order valence-electron chi connectivity index (χ3n) is 3.17. The number of carbonyl (C=O) groups excluding carboxylic acids is 1. The summed E-state index contributed by atoms with van der Waals surface area (Å²) in [7, 11) is 1.55. The van der Waals surface area contributed by atoms with E-state index in [1.54, 1.807) is 19.2 Å². The van der Waals surface area contributed by atoms with E-state index in [0.717, 1.165) is 15.7 Å². The predicted octanol–water partition coefficient (Wildman–Crippen LogP) is 4.33. The van der Waals surface area contributed by atoms with E-state index < -0.39 is 0 Å². The summed E-state index contributed by atoms with van der Waals surface area (Å²) >= 11 is 3.36. The molecule has 1 N–H and O–H groups in total. The van der Waals surface area contributed by atoms with Crippen molar-refractivity contribution in [3.05, 3.63) is 57.6 Å². The summed E-state index contributed by atoms with van der Waals surface area (Å²) in [5.74, 6) is 0.360. The van der Waals surface area contributed by atoms with Crippen LogP contribution in [-0.4, -0.2) is 13.0 Å². The summed E-state index contributed by atoms with van der Waals surface area (Å²) < 4.78 is 6.11. The van der Waals surface area contributed by atoms with E-state index in [1.807, 2.05) is 38.1 Å². The van der Waals surface area contributed by atoms with Gasteiger partial charge in [0.2, 0.25) is 0 Å². The van der Waals surface area contributed by atoms with Crippen molar-refractivity contribution in [2.45, 2.75) is 13.8 Å². The van der Waals surface area contributed by atoms with Crippen molar-refractivity contribution in [2.75, 3.05) is 12.4 Å². The molecule has 2 rings (SSSR count). The van der Waals surface area contributed by atoms with Gasteiger partial charge >= 0.3 is 0 Å². The van der Waals surface area contributed by atoms with Crippen LogP contribution in [0.1, 0.15) is 21.5 Å². The highest BCUT2D eigenvalue weighted by Crippen LogP contribution is 2.24. The van der Waals surface area contributed by atoms with Crippen molar-refractivity contribution in [3.63, 3.8) is 0 Å². The van der Waals surface area contributed by atoms with Crippen LogP contribution in [0, 0.1) is 13.8 Å². The normalized spacial score (nSPS) is 10.2. The number of aryl methyl sites for hydroxylation is 2. The molecule has 2 aromatic carbocycles. The molecule has 2 aromatic rings. The summed E-state index contributed by atoms with van der Waals surface area (Å²) in [6, 6.07) is 11.2. The number of ether oxygens (including phenoxy) is 1. The van der Waals surface area contributed by atoms with Crippen LogP contribution >= 0.6 is 15.9 Å². The van der Waals surface area contributed by atoms with Gasteiger partial charge in [-0.1, -0.05) is 22.0 Å². The number of benzene rings is 2. The number of halogens is 1. The molecule has 0 heterocycles. The highest BCUT2D eigenvalue weighted by Gasteiger charge is 2.13. The van der Waals surface area contributed by atoms with Gasteiger partial charge in [0.15, 0.2) is 0 Å². The summed E-state index contributed by atoms with van der Waals surface area (Å²) in [4.78, 5) is 12.3. The summed E-state index contributed by atoms with van der Waals surface area (Å²) in [5, 5.41) is 2.89. The Kier molecular flexibility index (Phi) is 4.45. The van der Waals surface area contributed by atoms with E-state index in [2.05, 4.69) is 21.2 Å². The number of rotatable bonds is 3. The second-order valence-electron chi connectivity index (χ2n) is 4.60. The van der Waals surface area contributed by atoms with Gasteiger partial charge < -0.3 is 10.1 Å². The zero-order valence-corrected chi connectivity index (χ0v) is 13.2. The first-order valence-electron chi connectivity index (χ1n) is 6.23. The van der Waals surface area contributed by atoms with Gasteiger partial charge in [-0.25, -0.2) is 0 Å². The Morgan fingerprint density at radius 2 is 1.85 bits per heavy atom. The lowest BCUT2D eigenvalue weighted by Crippen LogP contribution is -2.13. The average Bonchev–Trinajstić information content (AvgIpc) is 2.42. The largest absolute Gasteiger partial charge is 0.496 e. The number of carbonyl (C=O) groups is 1. The van der Waals surface area contributed by atoms with Crippen LogP contribution in [0.4, 0.5) is 5.69 Å². The Morgan fingerprint density at radius 3 is 2.50 bits per heavy atom. The van der Waals surface area contributed by atoms with Crippen molar-refractivity contribution in [1.82, 2.24) is 0 Å². The van der Waals surface area contributed by atoms with Gasteiger partial charge in [0.25, 0.3) is 5.91 Å². The molecule has 104 valence electrons. The topological polar surface area (TPSA) is 38.3 Å². The fourth-order valence-electron chi connectivity index (χ4n) is 1.87. The second kappa shape index (κ2) is 6.09. The Labute approximate surface area is 127 Å². The van der Waals surface area contributed by atoms with Crippen LogP contribution in [0.15, 0.2) is 40.9 Å². The van der Waals surface area contributed by atoms with Crippen LogP contribution in [0.25, 0.3) is 0 Å². The molecule has 4 heteroatoms. The zero-order chi connectivity index (χ0) is 14.7. The molecule has 0 bridgehead atoms. The van der Waals surface area contributed by atoms with E-state index >= 15 is 0 Å². The second-order valence-corrected chi connectivity index (χ2v) is 5.51. The summed E-state index contributed by atoms with van der Waals surface area (Å²) in [5.41, 5.74) is 3.63. The molecular weight excluding hydrogens is 318 g/mol. The molecule has 20 heavy (non-hydrogen) atoms. The van der Waals surface area contributed by atoms with Gasteiger partial charge in [-0.2, -0.15) is 0 Å². The van der Waals surface area contributed by atoms with Gasteiger partial charge in [-0.05, 0) is 55.3 Å². The first-order valence-corrected chi connectivity index (χ1v) is 7.02. The SMILES string of the molecule is COc1cc(Br)ccc1C(=O)Nc1ccc(C)c(C)c1. The van der Waals surface area contributed by atoms with Crippen molar-refractivity contribution < 1.29 is 9.53 Å². The number of hydrogen-bond donors (Lipinski definition) is 1. The molecule has 1 amide bonds. The van der Waals surface area contributed by atoms with Crippen LogP contribution in [0.2, 0.25) is 0 Å². The lowest BCUT2D eigenvalue weighted by atomic mass is 10.1. The molecule has 0 saturated heterocycles. The van der Waals surface area contributed by atoms with Crippen molar-refractivity contribution in [2.24, 2.45) is 0 Å². The minimum Gasteiger partial charge on any atom is -0.496 e. The van der Waals surface area contributed by atoms with Crippen LogP contribution in [-0.2, 0) is 0 Å².